The van der Waals surface area contributed by atoms with Gasteiger partial charge in [0.1, 0.15) is 0 Å². The Morgan fingerprint density at radius 2 is 1.33 bits per heavy atom. The van der Waals surface area contributed by atoms with E-state index >= 15 is 0 Å². The lowest BCUT2D eigenvalue weighted by Crippen LogP contribution is -2.40. The van der Waals surface area contributed by atoms with E-state index in [-0.39, 0.29) is 37.0 Å². The summed E-state index contributed by atoms with van der Waals surface area (Å²) in [6, 6.07) is 0. The molecule has 6 heteroatoms. The third-order valence-electron chi connectivity index (χ3n) is 2.59. The molecule has 0 bridgehead atoms. The number of halogens is 2. The van der Waals surface area contributed by atoms with E-state index in [1.165, 1.54) is 0 Å². The van der Waals surface area contributed by atoms with Crippen molar-refractivity contribution in [2.75, 3.05) is 13.2 Å². The van der Waals surface area contributed by atoms with Gasteiger partial charge in [0, 0.05) is 45.2 Å². The second-order valence-electron chi connectivity index (χ2n) is 3.55. The molecule has 0 radical (unpaired) electrons. The maximum atomic E-state index is 11.6. The molecule has 0 N–H and O–H groups in total. The van der Waals surface area contributed by atoms with E-state index in [1.807, 2.05) is 45.2 Å². The van der Waals surface area contributed by atoms with Crippen LogP contribution < -0.4 is 0 Å². The van der Waals surface area contributed by atoms with E-state index < -0.39 is 0 Å². The van der Waals surface area contributed by atoms with Crippen LogP contribution in [-0.2, 0) is 19.1 Å². The zero-order valence-corrected chi connectivity index (χ0v) is 13.7. The fourth-order valence-electron chi connectivity index (χ4n) is 1.55. The second-order valence-corrected chi connectivity index (χ2v) is 4.63. The first-order valence-electron chi connectivity index (χ1n) is 5.21. The van der Waals surface area contributed by atoms with Crippen molar-refractivity contribution in [3.63, 3.8) is 0 Å². The molecule has 1 saturated carbocycles. The average Bonchev–Trinajstić information content (AvgIpc) is 2.28. The summed E-state index contributed by atoms with van der Waals surface area (Å²) >= 11 is 3.74. The predicted octanol–water partition coefficient (Wildman–Crippen LogP) is 1.89. The summed E-state index contributed by atoms with van der Waals surface area (Å²) in [5, 5.41) is 0. The van der Waals surface area contributed by atoms with Crippen molar-refractivity contribution in [2.45, 2.75) is 12.8 Å². The van der Waals surface area contributed by atoms with E-state index in [4.69, 9.17) is 9.47 Å². The number of carbonyl (C=O) groups excluding carboxylic acids is 2. The van der Waals surface area contributed by atoms with Crippen LogP contribution in [0.1, 0.15) is 12.8 Å². The maximum Gasteiger partial charge on any atom is 0.310 e. The van der Waals surface area contributed by atoms with E-state index in [2.05, 4.69) is 19.7 Å². The van der Waals surface area contributed by atoms with Gasteiger partial charge in [-0.2, -0.15) is 0 Å². The Hall–Kier alpha value is -0.480. The van der Waals surface area contributed by atoms with Crippen LogP contribution >= 0.6 is 45.2 Å². The Morgan fingerprint density at radius 3 is 1.61 bits per heavy atom. The lowest BCUT2D eigenvalue weighted by molar-refractivity contribution is -0.165. The van der Waals surface area contributed by atoms with E-state index in [9.17, 15) is 9.59 Å². The number of hydrogen-bond donors (Lipinski definition) is 0. The summed E-state index contributed by atoms with van der Waals surface area (Å²) in [7, 11) is 0. The van der Waals surface area contributed by atoms with Crippen molar-refractivity contribution in [1.29, 1.82) is 0 Å². The maximum absolute atomic E-state index is 11.6. The van der Waals surface area contributed by atoms with Gasteiger partial charge in [-0.25, -0.2) is 0 Å². The quantitative estimate of drug-likeness (QED) is 0.357. The Bertz CT molecular complexity index is 396. The highest BCUT2D eigenvalue weighted by atomic mass is 127. The van der Waals surface area contributed by atoms with Crippen molar-refractivity contribution in [3.8, 4) is 19.7 Å². The van der Waals surface area contributed by atoms with Gasteiger partial charge in [0.25, 0.3) is 0 Å². The number of ether oxygens (including phenoxy) is 2. The minimum absolute atomic E-state index is 0.0698. The van der Waals surface area contributed by atoms with E-state index in [1.54, 1.807) is 0 Å². The minimum atomic E-state index is -0.388. The van der Waals surface area contributed by atoms with Crippen LogP contribution in [-0.4, -0.2) is 25.2 Å². The Balaban J connectivity index is 2.38. The molecule has 0 aromatic heterocycles. The average molecular weight is 472 g/mol. The molecular weight excluding hydrogens is 462 g/mol. The first-order valence-corrected chi connectivity index (χ1v) is 7.36. The highest BCUT2D eigenvalue weighted by Crippen LogP contribution is 2.36. The number of carbonyl (C=O) groups is 2. The van der Waals surface area contributed by atoms with Crippen LogP contribution in [0, 0.1) is 31.5 Å². The van der Waals surface area contributed by atoms with Crippen molar-refractivity contribution >= 4 is 57.1 Å². The van der Waals surface area contributed by atoms with Gasteiger partial charge in [-0.15, -0.1) is 0 Å². The van der Waals surface area contributed by atoms with Crippen molar-refractivity contribution < 1.29 is 19.1 Å². The van der Waals surface area contributed by atoms with Crippen LogP contribution in [0.15, 0.2) is 0 Å². The Kier molecular flexibility index (Phi) is 7.44. The molecule has 0 amide bonds. The molecule has 0 aliphatic heterocycles. The fourth-order valence-corrected chi connectivity index (χ4v) is 1.86. The summed E-state index contributed by atoms with van der Waals surface area (Å²) in [6.45, 7) is 0.140. The molecule has 96 valence electrons. The predicted molar refractivity (Wildman–Crippen MR) is 81.7 cm³/mol. The highest BCUT2D eigenvalue weighted by molar-refractivity contribution is 14.1. The molecule has 0 heterocycles. The molecule has 0 saturated heterocycles. The van der Waals surface area contributed by atoms with Crippen molar-refractivity contribution in [2.24, 2.45) is 11.8 Å². The SMILES string of the molecule is O=C(OCC#CI)[C@@H]1CC[C@H]1C(=O)OCC#CI. The molecule has 1 aliphatic rings. The first-order chi connectivity index (χ1) is 8.70. The fraction of sp³-hybridized carbons (Fsp3) is 0.500. The molecule has 0 unspecified atom stereocenters. The van der Waals surface area contributed by atoms with Crippen LogP contribution in [0.5, 0.6) is 0 Å². The third-order valence-corrected chi connectivity index (χ3v) is 3.35. The van der Waals surface area contributed by atoms with E-state index in [0.29, 0.717) is 12.8 Å². The lowest BCUT2D eigenvalue weighted by Gasteiger charge is -2.32. The van der Waals surface area contributed by atoms with Gasteiger partial charge in [0.15, 0.2) is 13.2 Å². The molecule has 1 fully saturated rings. The highest BCUT2D eigenvalue weighted by Gasteiger charge is 2.43. The summed E-state index contributed by atoms with van der Waals surface area (Å²) in [5.74, 6) is 3.73. The first kappa shape index (κ1) is 15.6. The van der Waals surface area contributed by atoms with Crippen LogP contribution in [0.25, 0.3) is 0 Å². The van der Waals surface area contributed by atoms with Crippen LogP contribution in [0.3, 0.4) is 0 Å². The van der Waals surface area contributed by atoms with Gasteiger partial charge in [0.05, 0.1) is 11.8 Å². The van der Waals surface area contributed by atoms with Gasteiger partial charge in [0.2, 0.25) is 0 Å². The summed E-state index contributed by atoms with van der Waals surface area (Å²) in [5.41, 5.74) is 0. The zero-order valence-electron chi connectivity index (χ0n) is 9.37. The molecule has 4 nitrogen and oxygen atoms in total. The molecule has 1 rings (SSSR count). The molecular formula is C12H10I2O4. The van der Waals surface area contributed by atoms with Crippen LogP contribution in [0.2, 0.25) is 0 Å². The van der Waals surface area contributed by atoms with Gasteiger partial charge in [-0.3, -0.25) is 9.59 Å². The number of hydrogen-bond acceptors (Lipinski definition) is 4. The minimum Gasteiger partial charge on any atom is -0.452 e. The van der Waals surface area contributed by atoms with Crippen LogP contribution in [0.4, 0.5) is 0 Å². The smallest absolute Gasteiger partial charge is 0.310 e. The summed E-state index contributed by atoms with van der Waals surface area (Å²) in [4.78, 5) is 23.2. The standard InChI is InChI=1S/C12H10I2O4/c13-5-1-7-17-11(15)9-3-4-10(9)12(16)18-8-2-6-14/h9-10H,3-4,7-8H2/t9-,10-/m1/s1. The summed E-state index contributed by atoms with van der Waals surface area (Å²) in [6.07, 6.45) is 1.32. The molecule has 1 aliphatic carbocycles. The van der Waals surface area contributed by atoms with Gasteiger partial charge < -0.3 is 9.47 Å². The Labute approximate surface area is 133 Å². The van der Waals surface area contributed by atoms with E-state index in [0.717, 1.165) is 0 Å². The largest absolute Gasteiger partial charge is 0.452 e. The van der Waals surface area contributed by atoms with Gasteiger partial charge >= 0.3 is 11.9 Å². The van der Waals surface area contributed by atoms with Gasteiger partial charge in [-0.1, -0.05) is 11.8 Å². The number of esters is 2. The van der Waals surface area contributed by atoms with Crippen molar-refractivity contribution in [3.05, 3.63) is 0 Å². The van der Waals surface area contributed by atoms with Crippen molar-refractivity contribution in [1.82, 2.24) is 0 Å². The second kappa shape index (κ2) is 8.59. The normalized spacial score (nSPS) is 20.3. The monoisotopic (exact) mass is 472 g/mol. The molecule has 18 heavy (non-hydrogen) atoms. The zero-order chi connectivity index (χ0) is 13.4. The third kappa shape index (κ3) is 4.65. The van der Waals surface area contributed by atoms with Gasteiger partial charge in [-0.05, 0) is 20.7 Å². The Morgan fingerprint density at radius 1 is 0.944 bits per heavy atom. The molecule has 0 aromatic rings. The molecule has 0 spiro atoms. The lowest BCUT2D eigenvalue weighted by atomic mass is 9.73. The summed E-state index contributed by atoms with van der Waals surface area (Å²) < 4.78 is 15.1. The topological polar surface area (TPSA) is 52.6 Å². The molecule has 0 aromatic carbocycles. The molecule has 2 atom stereocenters. The number of rotatable bonds is 4.